The van der Waals surface area contributed by atoms with Crippen LogP contribution in [-0.2, 0) is 9.31 Å². The zero-order valence-corrected chi connectivity index (χ0v) is 23.4. The molecule has 2 heterocycles. The number of aromatic nitrogens is 1. The van der Waals surface area contributed by atoms with E-state index in [-0.39, 0.29) is 11.2 Å². The molecule has 1 aliphatic rings. The van der Waals surface area contributed by atoms with Gasteiger partial charge in [-0.25, -0.2) is 0 Å². The van der Waals surface area contributed by atoms with E-state index in [1.54, 1.807) is 0 Å². The van der Waals surface area contributed by atoms with Gasteiger partial charge in [-0.15, -0.1) is 0 Å². The molecule has 1 fully saturated rings. The molecule has 0 atom stereocenters. The molecule has 0 saturated carbocycles. The van der Waals surface area contributed by atoms with Crippen LogP contribution in [0.3, 0.4) is 0 Å². The molecule has 6 aromatic rings. The summed E-state index contributed by atoms with van der Waals surface area (Å²) in [7, 11) is -0.407. The third kappa shape index (κ3) is 4.07. The number of hydrogen-bond acceptors (Lipinski definition) is 2. The molecule has 0 spiro atoms. The van der Waals surface area contributed by atoms with E-state index in [0.717, 1.165) is 16.7 Å². The van der Waals surface area contributed by atoms with Crippen LogP contribution >= 0.6 is 0 Å². The molecule has 0 N–H and O–H groups in total. The van der Waals surface area contributed by atoms with Crippen molar-refractivity contribution in [3.63, 3.8) is 0 Å². The van der Waals surface area contributed by atoms with Crippen LogP contribution in [0.2, 0.25) is 0 Å². The van der Waals surface area contributed by atoms with Gasteiger partial charge >= 0.3 is 7.12 Å². The van der Waals surface area contributed by atoms with E-state index in [9.17, 15) is 0 Å². The number of hydrogen-bond donors (Lipinski definition) is 0. The Kier molecular flexibility index (Phi) is 5.74. The Morgan fingerprint density at radius 3 is 1.70 bits per heavy atom. The first kappa shape index (κ1) is 24.9. The van der Waals surface area contributed by atoms with Crippen LogP contribution in [0, 0.1) is 0 Å². The molecule has 40 heavy (non-hydrogen) atoms. The molecule has 196 valence electrons. The molecule has 0 unspecified atom stereocenters. The van der Waals surface area contributed by atoms with Gasteiger partial charge in [-0.05, 0) is 85.7 Å². The van der Waals surface area contributed by atoms with Crippen molar-refractivity contribution in [1.82, 2.24) is 4.57 Å². The number of benzene rings is 5. The minimum absolute atomic E-state index is 0.385. The minimum Gasteiger partial charge on any atom is -0.399 e. The van der Waals surface area contributed by atoms with Crippen molar-refractivity contribution in [3.05, 3.63) is 121 Å². The molecule has 0 bridgehead atoms. The summed E-state index contributed by atoms with van der Waals surface area (Å²) >= 11 is 0. The van der Waals surface area contributed by atoms with E-state index in [2.05, 4.69) is 154 Å². The van der Waals surface area contributed by atoms with Crippen molar-refractivity contribution >= 4 is 34.4 Å². The molecular weight excluding hydrogens is 489 g/mol. The van der Waals surface area contributed by atoms with Crippen molar-refractivity contribution in [3.8, 4) is 27.9 Å². The fourth-order valence-electron chi connectivity index (χ4n) is 5.68. The molecular formula is C36H32BNO2. The van der Waals surface area contributed by atoms with Gasteiger partial charge in [0.15, 0.2) is 0 Å². The summed E-state index contributed by atoms with van der Waals surface area (Å²) in [5, 5.41) is 2.44. The van der Waals surface area contributed by atoms with Gasteiger partial charge in [0.1, 0.15) is 0 Å². The fourth-order valence-corrected chi connectivity index (χ4v) is 5.68. The van der Waals surface area contributed by atoms with Gasteiger partial charge in [0.2, 0.25) is 0 Å². The lowest BCUT2D eigenvalue weighted by Crippen LogP contribution is -2.41. The third-order valence-corrected chi connectivity index (χ3v) is 8.66. The van der Waals surface area contributed by atoms with Crippen LogP contribution in [0.1, 0.15) is 27.7 Å². The average Bonchev–Trinajstić information content (AvgIpc) is 3.42. The molecule has 1 aliphatic heterocycles. The highest BCUT2D eigenvalue weighted by Gasteiger charge is 2.51. The smallest absolute Gasteiger partial charge is 0.399 e. The Hall–Kier alpha value is -4.12. The van der Waals surface area contributed by atoms with Crippen LogP contribution in [0.5, 0.6) is 0 Å². The highest BCUT2D eigenvalue weighted by molar-refractivity contribution is 6.62. The van der Waals surface area contributed by atoms with Gasteiger partial charge < -0.3 is 13.9 Å². The highest BCUT2D eigenvalue weighted by atomic mass is 16.7. The van der Waals surface area contributed by atoms with E-state index < -0.39 is 7.12 Å². The van der Waals surface area contributed by atoms with Crippen LogP contribution in [0.25, 0.3) is 49.7 Å². The van der Waals surface area contributed by atoms with Crippen molar-refractivity contribution < 1.29 is 9.31 Å². The molecule has 1 aromatic heterocycles. The maximum absolute atomic E-state index is 6.41. The van der Waals surface area contributed by atoms with Crippen LogP contribution in [0.15, 0.2) is 121 Å². The first-order chi connectivity index (χ1) is 19.3. The quantitative estimate of drug-likeness (QED) is 0.218. The van der Waals surface area contributed by atoms with Crippen LogP contribution in [-0.4, -0.2) is 22.9 Å². The van der Waals surface area contributed by atoms with Gasteiger partial charge in [0, 0.05) is 16.5 Å². The lowest BCUT2D eigenvalue weighted by atomic mass is 9.79. The maximum Gasteiger partial charge on any atom is 0.494 e. The second-order valence-electron chi connectivity index (χ2n) is 11.7. The largest absolute Gasteiger partial charge is 0.494 e. The summed E-state index contributed by atoms with van der Waals surface area (Å²) in [6.45, 7) is 8.39. The second kappa shape index (κ2) is 9.23. The Morgan fingerprint density at radius 2 is 1.05 bits per heavy atom. The normalized spacial score (nSPS) is 16.1. The third-order valence-electron chi connectivity index (χ3n) is 8.66. The standard InChI is InChI=1S/C36H32BNO2/c1-35(2)36(3,4)40-37(39-35)29-20-21-31-32-23-28(27-17-15-26(16-18-27)25-11-7-5-8-12-25)19-22-33(32)38(34(31)24-29)30-13-9-6-10-14-30/h5-24H,1-4H3. The van der Waals surface area contributed by atoms with Crippen LogP contribution in [0.4, 0.5) is 0 Å². The first-order valence-corrected chi connectivity index (χ1v) is 14.0. The number of rotatable bonds is 4. The summed E-state index contributed by atoms with van der Waals surface area (Å²) in [6.07, 6.45) is 0. The van der Waals surface area contributed by atoms with E-state index in [1.165, 1.54) is 38.5 Å². The lowest BCUT2D eigenvalue weighted by molar-refractivity contribution is 0.00578. The van der Waals surface area contributed by atoms with E-state index in [1.807, 2.05) is 0 Å². The van der Waals surface area contributed by atoms with Crippen molar-refractivity contribution in [2.75, 3.05) is 0 Å². The fraction of sp³-hybridized carbons (Fsp3) is 0.167. The summed E-state index contributed by atoms with van der Waals surface area (Å²) < 4.78 is 15.2. The SMILES string of the molecule is CC1(C)OB(c2ccc3c4cc(-c5ccc(-c6ccccc6)cc5)ccc4n(-c4ccccc4)c3c2)OC1(C)C. The molecule has 1 saturated heterocycles. The zero-order chi connectivity index (χ0) is 27.5. The maximum atomic E-state index is 6.41. The number of para-hydroxylation sites is 1. The van der Waals surface area contributed by atoms with Crippen molar-refractivity contribution in [2.24, 2.45) is 0 Å². The van der Waals surface area contributed by atoms with E-state index in [0.29, 0.717) is 0 Å². The Balaban J connectivity index is 1.36. The summed E-state index contributed by atoms with van der Waals surface area (Å²) in [6, 6.07) is 43.3. The summed E-state index contributed by atoms with van der Waals surface area (Å²) in [4.78, 5) is 0. The first-order valence-electron chi connectivity index (χ1n) is 14.0. The predicted octanol–water partition coefficient (Wildman–Crippen LogP) is 8.42. The Bertz CT molecular complexity index is 1820. The molecule has 5 aromatic carbocycles. The average molecular weight is 521 g/mol. The molecule has 0 aliphatic carbocycles. The Morgan fingerprint density at radius 1 is 0.500 bits per heavy atom. The Labute approximate surface area is 236 Å². The van der Waals surface area contributed by atoms with Gasteiger partial charge in [-0.3, -0.25) is 0 Å². The van der Waals surface area contributed by atoms with Gasteiger partial charge in [-0.2, -0.15) is 0 Å². The van der Waals surface area contributed by atoms with E-state index >= 15 is 0 Å². The second-order valence-corrected chi connectivity index (χ2v) is 11.7. The molecule has 7 rings (SSSR count). The topological polar surface area (TPSA) is 23.4 Å². The number of nitrogens with zero attached hydrogens (tertiary/aromatic N) is 1. The number of fused-ring (bicyclic) bond motifs is 3. The van der Waals surface area contributed by atoms with Crippen molar-refractivity contribution in [1.29, 1.82) is 0 Å². The zero-order valence-electron chi connectivity index (χ0n) is 23.4. The molecule has 0 radical (unpaired) electrons. The van der Waals surface area contributed by atoms with Crippen molar-refractivity contribution in [2.45, 2.75) is 38.9 Å². The predicted molar refractivity (Wildman–Crippen MR) is 167 cm³/mol. The van der Waals surface area contributed by atoms with Crippen LogP contribution < -0.4 is 5.46 Å². The molecule has 4 heteroatoms. The monoisotopic (exact) mass is 521 g/mol. The minimum atomic E-state index is -0.407. The van der Waals surface area contributed by atoms with Gasteiger partial charge in [0.05, 0.1) is 22.2 Å². The molecule has 3 nitrogen and oxygen atoms in total. The van der Waals surface area contributed by atoms with Gasteiger partial charge in [-0.1, -0.05) is 91.0 Å². The molecule has 0 amide bonds. The van der Waals surface area contributed by atoms with Gasteiger partial charge in [0.25, 0.3) is 0 Å². The highest BCUT2D eigenvalue weighted by Crippen LogP contribution is 2.38. The van der Waals surface area contributed by atoms with E-state index in [4.69, 9.17) is 9.31 Å². The summed E-state index contributed by atoms with van der Waals surface area (Å²) in [5.74, 6) is 0. The summed E-state index contributed by atoms with van der Waals surface area (Å²) in [5.41, 5.74) is 8.58. The lowest BCUT2D eigenvalue weighted by Gasteiger charge is -2.32.